The predicted octanol–water partition coefficient (Wildman–Crippen LogP) is 2.25. The number of Topliss-reactive ketones (excluding diaryl/α,β-unsaturated/α-hetero) is 1. The van der Waals surface area contributed by atoms with E-state index in [2.05, 4.69) is 6.92 Å². The Kier molecular flexibility index (Phi) is 2.40. The average molecular weight is 158 g/mol. The molecule has 0 radical (unpaired) electrons. The first-order valence-electron chi connectivity index (χ1n) is 3.86. The first kappa shape index (κ1) is 8.12. The zero-order valence-electron chi connectivity index (χ0n) is 6.64. The van der Waals surface area contributed by atoms with Gasteiger partial charge in [0.25, 0.3) is 0 Å². The van der Waals surface area contributed by atoms with Crippen LogP contribution in [-0.2, 0) is 4.79 Å². The van der Waals surface area contributed by atoms with E-state index in [0.717, 1.165) is 6.42 Å². The largest absolute Gasteiger partial charge is 0.298 e. The Hall–Kier alpha value is 0.0200. The summed E-state index contributed by atoms with van der Waals surface area (Å²) < 4.78 is -0.0191. The Labute approximate surface area is 66.6 Å². The maximum atomic E-state index is 11.3. The first-order chi connectivity index (χ1) is 4.69. The van der Waals surface area contributed by atoms with Crippen LogP contribution in [0.25, 0.3) is 0 Å². The van der Waals surface area contributed by atoms with E-state index in [0.29, 0.717) is 12.2 Å². The van der Waals surface area contributed by atoms with Gasteiger partial charge in [0.2, 0.25) is 0 Å². The van der Waals surface area contributed by atoms with Crippen LogP contribution in [0.4, 0.5) is 0 Å². The van der Waals surface area contributed by atoms with E-state index in [1.54, 1.807) is 0 Å². The number of thioether (sulfide) groups is 1. The summed E-state index contributed by atoms with van der Waals surface area (Å²) in [7, 11) is 0. The van der Waals surface area contributed by atoms with Crippen LogP contribution in [0.3, 0.4) is 0 Å². The van der Waals surface area contributed by atoms with Gasteiger partial charge in [0.1, 0.15) is 5.78 Å². The zero-order chi connectivity index (χ0) is 7.61. The molecule has 0 aromatic rings. The summed E-state index contributed by atoms with van der Waals surface area (Å²) in [6.45, 7) is 4.03. The van der Waals surface area contributed by atoms with Crippen LogP contribution in [0, 0.1) is 0 Å². The van der Waals surface area contributed by atoms with Crippen molar-refractivity contribution in [2.45, 2.75) is 37.9 Å². The third-order valence-electron chi connectivity index (χ3n) is 2.13. The van der Waals surface area contributed by atoms with Gasteiger partial charge in [-0.3, -0.25) is 4.79 Å². The standard InChI is InChI=1S/C8H14OS/c1-3-7(9)8(2)5-4-6-10-8/h3-6H2,1-2H3. The average Bonchev–Trinajstić information content (AvgIpc) is 2.36. The maximum Gasteiger partial charge on any atom is 0.148 e. The molecule has 0 aromatic carbocycles. The van der Waals surface area contributed by atoms with Gasteiger partial charge in [0.15, 0.2) is 0 Å². The van der Waals surface area contributed by atoms with Gasteiger partial charge < -0.3 is 0 Å². The van der Waals surface area contributed by atoms with Gasteiger partial charge >= 0.3 is 0 Å². The van der Waals surface area contributed by atoms with Crippen molar-refractivity contribution in [1.82, 2.24) is 0 Å². The highest BCUT2D eigenvalue weighted by atomic mass is 32.2. The topological polar surface area (TPSA) is 17.1 Å². The lowest BCUT2D eigenvalue weighted by Crippen LogP contribution is -2.27. The molecule has 0 spiro atoms. The summed E-state index contributed by atoms with van der Waals surface area (Å²) in [5.41, 5.74) is 0. The maximum absolute atomic E-state index is 11.3. The van der Waals surface area contributed by atoms with Crippen molar-refractivity contribution in [2.75, 3.05) is 5.75 Å². The lowest BCUT2D eigenvalue weighted by atomic mass is 9.99. The Morgan fingerprint density at radius 2 is 2.40 bits per heavy atom. The van der Waals surface area contributed by atoms with Gasteiger partial charge in [-0.1, -0.05) is 6.92 Å². The molecule has 1 aliphatic heterocycles. The lowest BCUT2D eigenvalue weighted by molar-refractivity contribution is -0.120. The molecule has 1 atom stereocenters. The Balaban J connectivity index is 2.58. The Bertz CT molecular complexity index is 136. The van der Waals surface area contributed by atoms with E-state index >= 15 is 0 Å². The van der Waals surface area contributed by atoms with E-state index in [9.17, 15) is 4.79 Å². The summed E-state index contributed by atoms with van der Waals surface area (Å²) >= 11 is 1.83. The van der Waals surface area contributed by atoms with Crippen molar-refractivity contribution in [3.63, 3.8) is 0 Å². The first-order valence-corrected chi connectivity index (χ1v) is 4.85. The Morgan fingerprint density at radius 3 is 2.80 bits per heavy atom. The summed E-state index contributed by atoms with van der Waals surface area (Å²) in [6.07, 6.45) is 3.00. The molecule has 2 heteroatoms. The van der Waals surface area contributed by atoms with Gasteiger partial charge in [-0.05, 0) is 25.5 Å². The fourth-order valence-electron chi connectivity index (χ4n) is 1.37. The van der Waals surface area contributed by atoms with E-state index in [-0.39, 0.29) is 4.75 Å². The molecule has 0 aromatic heterocycles. The molecule has 58 valence electrons. The van der Waals surface area contributed by atoms with Crippen LogP contribution in [0.5, 0.6) is 0 Å². The molecule has 0 aliphatic carbocycles. The summed E-state index contributed by atoms with van der Waals surface area (Å²) in [4.78, 5) is 11.3. The summed E-state index contributed by atoms with van der Waals surface area (Å²) in [5, 5.41) is 0. The number of rotatable bonds is 2. The molecule has 1 heterocycles. The van der Waals surface area contributed by atoms with Gasteiger partial charge in [-0.15, -0.1) is 11.8 Å². The van der Waals surface area contributed by atoms with E-state index < -0.39 is 0 Å². The number of ketones is 1. The third-order valence-corrected chi connectivity index (χ3v) is 3.69. The van der Waals surface area contributed by atoms with Crippen molar-refractivity contribution in [3.05, 3.63) is 0 Å². The fraction of sp³-hybridized carbons (Fsp3) is 0.875. The van der Waals surface area contributed by atoms with Crippen LogP contribution in [-0.4, -0.2) is 16.3 Å². The molecule has 1 unspecified atom stereocenters. The quantitative estimate of drug-likeness (QED) is 0.613. The number of carbonyl (C=O) groups is 1. The second kappa shape index (κ2) is 2.95. The van der Waals surface area contributed by atoms with E-state index in [1.165, 1.54) is 12.2 Å². The molecule has 0 N–H and O–H groups in total. The zero-order valence-corrected chi connectivity index (χ0v) is 7.46. The normalized spacial score (nSPS) is 32.6. The molecule has 1 aliphatic rings. The van der Waals surface area contributed by atoms with Crippen molar-refractivity contribution >= 4 is 17.5 Å². The van der Waals surface area contributed by atoms with Crippen molar-refractivity contribution < 1.29 is 4.79 Å². The minimum absolute atomic E-state index is 0.0191. The van der Waals surface area contributed by atoms with Crippen LogP contribution >= 0.6 is 11.8 Å². The molecule has 1 saturated heterocycles. The highest BCUT2D eigenvalue weighted by molar-refractivity contribution is 8.01. The van der Waals surface area contributed by atoms with E-state index in [1.807, 2.05) is 18.7 Å². The molecule has 0 saturated carbocycles. The molecule has 1 nitrogen and oxygen atoms in total. The number of carbonyl (C=O) groups excluding carboxylic acids is 1. The van der Waals surface area contributed by atoms with Crippen LogP contribution in [0.2, 0.25) is 0 Å². The second-order valence-corrected chi connectivity index (χ2v) is 4.56. The predicted molar refractivity (Wildman–Crippen MR) is 45.4 cm³/mol. The van der Waals surface area contributed by atoms with Gasteiger partial charge in [-0.25, -0.2) is 0 Å². The lowest BCUT2D eigenvalue weighted by Gasteiger charge is -2.19. The van der Waals surface area contributed by atoms with Gasteiger partial charge in [0, 0.05) is 6.42 Å². The summed E-state index contributed by atoms with van der Waals surface area (Å²) in [5.74, 6) is 1.59. The van der Waals surface area contributed by atoms with Gasteiger partial charge in [0.05, 0.1) is 4.75 Å². The van der Waals surface area contributed by atoms with Crippen LogP contribution in [0.15, 0.2) is 0 Å². The Morgan fingerprint density at radius 1 is 1.70 bits per heavy atom. The number of hydrogen-bond donors (Lipinski definition) is 0. The van der Waals surface area contributed by atoms with Crippen LogP contribution < -0.4 is 0 Å². The number of hydrogen-bond acceptors (Lipinski definition) is 2. The van der Waals surface area contributed by atoms with Crippen molar-refractivity contribution in [1.29, 1.82) is 0 Å². The SMILES string of the molecule is CCC(=O)C1(C)CCCS1. The molecular formula is C8H14OS. The highest BCUT2D eigenvalue weighted by Gasteiger charge is 2.35. The fourth-order valence-corrected chi connectivity index (χ4v) is 2.71. The van der Waals surface area contributed by atoms with E-state index in [4.69, 9.17) is 0 Å². The molecule has 0 bridgehead atoms. The minimum atomic E-state index is -0.0191. The molecule has 1 fully saturated rings. The second-order valence-electron chi connectivity index (χ2n) is 2.96. The molecule has 1 rings (SSSR count). The minimum Gasteiger partial charge on any atom is -0.298 e. The molecule has 10 heavy (non-hydrogen) atoms. The molecular weight excluding hydrogens is 144 g/mol. The van der Waals surface area contributed by atoms with Crippen LogP contribution in [0.1, 0.15) is 33.1 Å². The highest BCUT2D eigenvalue weighted by Crippen LogP contribution is 2.38. The van der Waals surface area contributed by atoms with Crippen molar-refractivity contribution in [2.24, 2.45) is 0 Å². The third kappa shape index (κ3) is 1.36. The monoisotopic (exact) mass is 158 g/mol. The van der Waals surface area contributed by atoms with Gasteiger partial charge in [-0.2, -0.15) is 0 Å². The smallest absolute Gasteiger partial charge is 0.148 e. The van der Waals surface area contributed by atoms with Crippen molar-refractivity contribution in [3.8, 4) is 0 Å². The summed E-state index contributed by atoms with van der Waals surface area (Å²) in [6, 6.07) is 0. The molecule has 0 amide bonds.